The zero-order valence-electron chi connectivity index (χ0n) is 16.6. The number of primary amides is 1. The molecule has 0 aromatic heterocycles. The van der Waals surface area contributed by atoms with Crippen LogP contribution in [-0.4, -0.2) is 95.4 Å². The summed E-state index contributed by atoms with van der Waals surface area (Å²) in [6, 6.07) is 6.38. The van der Waals surface area contributed by atoms with Gasteiger partial charge in [-0.2, -0.15) is 0 Å². The van der Waals surface area contributed by atoms with Crippen LogP contribution in [-0.2, 0) is 16.1 Å². The smallest absolute Gasteiger partial charge is 0.325 e. The molecule has 3 aliphatic heterocycles. The number of nitrogens with one attached hydrogen (secondary N) is 1. The number of likely N-dealkylation sites (N-methyl/N-ethyl adjacent to an activating group) is 1. The maximum Gasteiger partial charge on any atom is 0.325 e. The molecule has 0 bridgehead atoms. The van der Waals surface area contributed by atoms with E-state index < -0.39 is 18.2 Å². The Morgan fingerprint density at radius 3 is 2.67 bits per heavy atom. The summed E-state index contributed by atoms with van der Waals surface area (Å²) in [6.45, 7) is 3.23. The van der Waals surface area contributed by atoms with Crippen LogP contribution in [0.1, 0.15) is 5.56 Å². The van der Waals surface area contributed by atoms with Crippen LogP contribution < -0.4 is 11.1 Å². The molecule has 4 amide bonds. The van der Waals surface area contributed by atoms with Gasteiger partial charge < -0.3 is 20.4 Å². The number of aliphatic imine (C=N–C) groups is 1. The van der Waals surface area contributed by atoms with Gasteiger partial charge >= 0.3 is 6.03 Å². The molecule has 2 atom stereocenters. The number of hydrogen-bond acceptors (Lipinski definition) is 7. The summed E-state index contributed by atoms with van der Waals surface area (Å²) in [5.41, 5.74) is 6.24. The first-order valence-corrected chi connectivity index (χ1v) is 10.1. The third-order valence-corrected chi connectivity index (χ3v) is 5.85. The van der Waals surface area contributed by atoms with Crippen molar-refractivity contribution in [3.63, 3.8) is 0 Å². The summed E-state index contributed by atoms with van der Waals surface area (Å²) >= 11 is 6.15. The lowest BCUT2D eigenvalue weighted by molar-refractivity contribution is -0.127. The van der Waals surface area contributed by atoms with Crippen molar-refractivity contribution in [3.8, 4) is 0 Å². The Labute approximate surface area is 179 Å². The highest BCUT2D eigenvalue weighted by Gasteiger charge is 2.49. The maximum absolute atomic E-state index is 12.7. The number of imide groups is 1. The highest BCUT2D eigenvalue weighted by Crippen LogP contribution is 2.28. The minimum Gasteiger partial charge on any atom is -0.369 e. The number of carbonyl (C=O) groups is 3. The summed E-state index contributed by atoms with van der Waals surface area (Å²) < 4.78 is 0. The van der Waals surface area contributed by atoms with E-state index in [0.717, 1.165) is 5.56 Å². The van der Waals surface area contributed by atoms with Crippen molar-refractivity contribution in [1.82, 2.24) is 24.9 Å². The largest absolute Gasteiger partial charge is 0.369 e. The quantitative estimate of drug-likeness (QED) is 0.661. The molecular weight excluding hydrogens is 410 g/mol. The van der Waals surface area contributed by atoms with E-state index in [1.807, 2.05) is 28.0 Å². The van der Waals surface area contributed by atoms with Crippen LogP contribution in [0.5, 0.6) is 0 Å². The Balaban J connectivity index is 1.59. The third kappa shape index (κ3) is 3.92. The van der Waals surface area contributed by atoms with Gasteiger partial charge in [-0.3, -0.25) is 19.8 Å². The summed E-state index contributed by atoms with van der Waals surface area (Å²) in [4.78, 5) is 48.3. The van der Waals surface area contributed by atoms with Gasteiger partial charge in [0.1, 0.15) is 0 Å². The van der Waals surface area contributed by atoms with Crippen LogP contribution in [0.3, 0.4) is 0 Å². The van der Waals surface area contributed by atoms with Crippen molar-refractivity contribution in [2.45, 2.75) is 18.8 Å². The van der Waals surface area contributed by atoms with Gasteiger partial charge in [0.2, 0.25) is 5.91 Å². The van der Waals surface area contributed by atoms with E-state index in [1.165, 1.54) is 4.90 Å². The molecule has 0 aliphatic carbocycles. The molecule has 2 saturated heterocycles. The van der Waals surface area contributed by atoms with E-state index in [4.69, 9.17) is 22.3 Å². The lowest BCUT2D eigenvalue weighted by Gasteiger charge is -2.40. The Morgan fingerprint density at radius 2 is 2.00 bits per heavy atom. The van der Waals surface area contributed by atoms with E-state index in [1.54, 1.807) is 13.1 Å². The first-order valence-electron chi connectivity index (χ1n) is 9.75. The number of amides is 4. The number of urea groups is 1. The molecule has 3 heterocycles. The summed E-state index contributed by atoms with van der Waals surface area (Å²) in [7, 11) is 1.63. The fourth-order valence-corrected chi connectivity index (χ4v) is 4.32. The molecule has 160 valence electrons. The van der Waals surface area contributed by atoms with E-state index in [0.29, 0.717) is 43.7 Å². The molecule has 2 unspecified atom stereocenters. The highest BCUT2D eigenvalue weighted by molar-refractivity contribution is 6.30. The second-order valence-electron chi connectivity index (χ2n) is 7.68. The van der Waals surface area contributed by atoms with E-state index in [-0.39, 0.29) is 18.4 Å². The Kier molecular flexibility index (Phi) is 5.52. The first kappa shape index (κ1) is 20.4. The number of piperazine rings is 1. The SMILES string of the molecule is CN1C(=O)NC(=O)C2C1N=C(N1CCN(CC(N)=O)CC1)N2Cc1cccc(Cl)c1. The molecule has 2 fully saturated rings. The van der Waals surface area contributed by atoms with Gasteiger partial charge in [-0.15, -0.1) is 0 Å². The number of nitrogens with two attached hydrogens (primary N) is 1. The molecule has 3 aliphatic rings. The predicted molar refractivity (Wildman–Crippen MR) is 111 cm³/mol. The van der Waals surface area contributed by atoms with Crippen molar-refractivity contribution < 1.29 is 14.4 Å². The van der Waals surface area contributed by atoms with Crippen molar-refractivity contribution in [3.05, 3.63) is 34.9 Å². The zero-order chi connectivity index (χ0) is 21.4. The molecular formula is C19H24ClN7O3. The molecule has 0 radical (unpaired) electrons. The number of benzene rings is 1. The van der Waals surface area contributed by atoms with Crippen LogP contribution >= 0.6 is 11.6 Å². The average Bonchev–Trinajstić information content (AvgIpc) is 3.06. The summed E-state index contributed by atoms with van der Waals surface area (Å²) in [6.07, 6.45) is -0.593. The topological polar surface area (TPSA) is 115 Å². The minimum atomic E-state index is -0.620. The second kappa shape index (κ2) is 8.11. The number of carbonyl (C=O) groups excluding carboxylic acids is 3. The monoisotopic (exact) mass is 433 g/mol. The average molecular weight is 434 g/mol. The second-order valence-corrected chi connectivity index (χ2v) is 8.12. The lowest BCUT2D eigenvalue weighted by atomic mass is 10.1. The molecule has 4 rings (SSSR count). The number of rotatable bonds is 4. The fraction of sp³-hybridized carbons (Fsp3) is 0.474. The maximum atomic E-state index is 12.7. The molecule has 30 heavy (non-hydrogen) atoms. The number of guanidine groups is 1. The molecule has 0 spiro atoms. The zero-order valence-corrected chi connectivity index (χ0v) is 17.4. The summed E-state index contributed by atoms with van der Waals surface area (Å²) in [5, 5.41) is 3.02. The van der Waals surface area contributed by atoms with Crippen molar-refractivity contribution in [1.29, 1.82) is 0 Å². The van der Waals surface area contributed by atoms with Gasteiger partial charge in [-0.1, -0.05) is 23.7 Å². The van der Waals surface area contributed by atoms with Crippen LogP contribution in [0.2, 0.25) is 5.02 Å². The molecule has 1 aromatic rings. The van der Waals surface area contributed by atoms with Gasteiger partial charge in [0.05, 0.1) is 6.54 Å². The number of hydrogen-bond donors (Lipinski definition) is 2. The fourth-order valence-electron chi connectivity index (χ4n) is 4.10. The van der Waals surface area contributed by atoms with Crippen molar-refractivity contribution in [2.24, 2.45) is 10.7 Å². The standard InChI is InChI=1S/C19H24ClN7O3/c1-24-16-15(17(29)23-19(24)30)27(10-12-3-2-4-13(20)9-12)18(22-16)26-7-5-25(6-8-26)11-14(21)28/h2-4,9,15-16H,5-8,10-11H2,1H3,(H2,21,28)(H,23,29,30). The Hall–Kier alpha value is -2.85. The van der Waals surface area contributed by atoms with Crippen LogP contribution in [0, 0.1) is 0 Å². The minimum absolute atomic E-state index is 0.220. The molecule has 10 nitrogen and oxygen atoms in total. The molecule has 0 saturated carbocycles. The van der Waals surface area contributed by atoms with Crippen LogP contribution in [0.25, 0.3) is 0 Å². The van der Waals surface area contributed by atoms with Gasteiger partial charge in [-0.25, -0.2) is 9.79 Å². The normalized spacial score (nSPS) is 24.6. The van der Waals surface area contributed by atoms with E-state index >= 15 is 0 Å². The Bertz CT molecular complexity index is 900. The molecule has 3 N–H and O–H groups in total. The Morgan fingerprint density at radius 1 is 1.27 bits per heavy atom. The van der Waals surface area contributed by atoms with E-state index in [9.17, 15) is 14.4 Å². The van der Waals surface area contributed by atoms with Gasteiger partial charge in [0.15, 0.2) is 18.2 Å². The van der Waals surface area contributed by atoms with Crippen molar-refractivity contribution in [2.75, 3.05) is 39.8 Å². The lowest BCUT2D eigenvalue weighted by Crippen LogP contribution is -2.64. The van der Waals surface area contributed by atoms with Gasteiger partial charge in [-0.05, 0) is 17.7 Å². The third-order valence-electron chi connectivity index (χ3n) is 5.62. The van der Waals surface area contributed by atoms with Crippen LogP contribution in [0.4, 0.5) is 4.79 Å². The predicted octanol–water partition coefficient (Wildman–Crippen LogP) is -0.509. The number of halogens is 1. The van der Waals surface area contributed by atoms with E-state index in [2.05, 4.69) is 10.2 Å². The number of nitrogens with zero attached hydrogens (tertiary/aromatic N) is 5. The highest BCUT2D eigenvalue weighted by atomic mass is 35.5. The number of fused-ring (bicyclic) bond motifs is 1. The first-order chi connectivity index (χ1) is 14.3. The molecule has 11 heteroatoms. The van der Waals surface area contributed by atoms with Crippen molar-refractivity contribution >= 4 is 35.4 Å². The van der Waals surface area contributed by atoms with Gasteiger partial charge in [0, 0.05) is 44.8 Å². The molecule has 1 aromatic carbocycles. The van der Waals surface area contributed by atoms with Gasteiger partial charge in [0.25, 0.3) is 5.91 Å². The summed E-state index contributed by atoms with van der Waals surface area (Å²) in [5.74, 6) is -0.0521. The van der Waals surface area contributed by atoms with Crippen LogP contribution in [0.15, 0.2) is 29.3 Å².